The van der Waals surface area contributed by atoms with E-state index in [1.807, 2.05) is 0 Å². The molecule has 1 aromatic heterocycles. The number of carboxylic acids is 1. The number of nitrogens with one attached hydrogen (secondary N) is 2. The first-order valence-electron chi connectivity index (χ1n) is 15.4. The number of fused-ring (bicyclic) bond motifs is 1. The molecular formula is C34H36N4O9S. The average molecular weight is 677 g/mol. The molecule has 1 heterocycles. The Morgan fingerprint density at radius 2 is 1.75 bits per heavy atom. The Kier molecular flexibility index (Phi) is 10.3. The number of carbonyl (C=O) groups is 4. The number of carboxylic acid groups (broad SMARTS) is 1. The summed E-state index contributed by atoms with van der Waals surface area (Å²) in [5.74, 6) is -1.58. The quantitative estimate of drug-likeness (QED) is 0.185. The molecule has 0 aliphatic heterocycles. The van der Waals surface area contributed by atoms with Crippen LogP contribution in [0.15, 0.2) is 77.8 Å². The van der Waals surface area contributed by atoms with Gasteiger partial charge in [-0.05, 0) is 86.2 Å². The fraction of sp³-hybridized carbons (Fsp3) is 0.294. The van der Waals surface area contributed by atoms with Crippen LogP contribution < -0.4 is 15.4 Å². The van der Waals surface area contributed by atoms with Crippen molar-refractivity contribution in [3.63, 3.8) is 0 Å². The second-order valence-corrected chi connectivity index (χ2v) is 13.2. The monoisotopic (exact) mass is 676 g/mol. The summed E-state index contributed by atoms with van der Waals surface area (Å²) in [7, 11) is -3.04. The Balaban J connectivity index is 1.59. The number of hydrogen-bond donors (Lipinski definition) is 3. The molecule has 13 nitrogen and oxygen atoms in total. The molecule has 0 bridgehead atoms. The molecule has 0 unspecified atom stereocenters. The number of methoxy groups -OCH3 is 1. The van der Waals surface area contributed by atoms with Crippen molar-refractivity contribution >= 4 is 50.6 Å². The molecule has 0 atom stereocenters. The highest BCUT2D eigenvalue weighted by Gasteiger charge is 2.33. The SMILES string of the molecule is COc1cccc(C(=O)N(Cc2cn(C(=O)NCCC(=O)O)c3ccc(NC(=O)OC4CCCC4)cc23)S(=O)(=O)c2ccccc2C)c1. The van der Waals surface area contributed by atoms with Gasteiger partial charge in [-0.25, -0.2) is 22.3 Å². The van der Waals surface area contributed by atoms with Gasteiger partial charge in [-0.2, -0.15) is 0 Å². The number of ether oxygens (including phenoxy) is 2. The average Bonchev–Trinajstić information content (AvgIpc) is 3.70. The van der Waals surface area contributed by atoms with Crippen molar-refractivity contribution < 1.29 is 42.2 Å². The molecule has 1 fully saturated rings. The highest BCUT2D eigenvalue weighted by molar-refractivity contribution is 7.89. The zero-order chi connectivity index (χ0) is 34.4. The minimum atomic E-state index is -4.46. The number of aryl methyl sites for hydroxylation is 1. The van der Waals surface area contributed by atoms with Gasteiger partial charge in [0, 0.05) is 29.4 Å². The number of hydrogen-bond acceptors (Lipinski definition) is 8. The van der Waals surface area contributed by atoms with Crippen LogP contribution in [-0.2, 0) is 26.1 Å². The molecule has 3 aromatic carbocycles. The largest absolute Gasteiger partial charge is 0.497 e. The molecule has 48 heavy (non-hydrogen) atoms. The third-order valence-corrected chi connectivity index (χ3v) is 9.95. The Morgan fingerprint density at radius 3 is 2.46 bits per heavy atom. The molecule has 3 amide bonds. The molecule has 1 saturated carbocycles. The normalized spacial score (nSPS) is 13.2. The number of amides is 3. The van der Waals surface area contributed by atoms with Crippen molar-refractivity contribution in [3.05, 3.63) is 89.6 Å². The molecule has 252 valence electrons. The van der Waals surface area contributed by atoms with Gasteiger partial charge in [-0.15, -0.1) is 0 Å². The second kappa shape index (κ2) is 14.6. The number of aromatic nitrogens is 1. The van der Waals surface area contributed by atoms with Crippen molar-refractivity contribution in [3.8, 4) is 5.75 Å². The summed E-state index contributed by atoms with van der Waals surface area (Å²) >= 11 is 0. The van der Waals surface area contributed by atoms with Crippen LogP contribution in [0.1, 0.15) is 53.6 Å². The number of carbonyl (C=O) groups excluding carboxylic acids is 3. The maximum Gasteiger partial charge on any atom is 0.411 e. The van der Waals surface area contributed by atoms with Gasteiger partial charge in [0.25, 0.3) is 15.9 Å². The highest BCUT2D eigenvalue weighted by atomic mass is 32.2. The topological polar surface area (TPSA) is 173 Å². The summed E-state index contributed by atoms with van der Waals surface area (Å²) in [6, 6.07) is 16.4. The molecule has 0 radical (unpaired) electrons. The van der Waals surface area contributed by atoms with E-state index in [0.717, 1.165) is 30.0 Å². The van der Waals surface area contributed by atoms with Crippen LogP contribution >= 0.6 is 0 Å². The molecular weight excluding hydrogens is 640 g/mol. The van der Waals surface area contributed by atoms with Crippen LogP contribution in [0.5, 0.6) is 5.75 Å². The lowest BCUT2D eigenvalue weighted by molar-refractivity contribution is -0.136. The van der Waals surface area contributed by atoms with Crippen molar-refractivity contribution in [2.45, 2.75) is 56.6 Å². The Labute approximate surface area is 277 Å². The zero-order valence-corrected chi connectivity index (χ0v) is 27.3. The zero-order valence-electron chi connectivity index (χ0n) is 26.5. The van der Waals surface area contributed by atoms with E-state index in [0.29, 0.717) is 27.9 Å². The van der Waals surface area contributed by atoms with E-state index in [4.69, 9.17) is 14.6 Å². The first kappa shape index (κ1) is 34.0. The molecule has 0 spiro atoms. The predicted octanol–water partition coefficient (Wildman–Crippen LogP) is 5.51. The summed E-state index contributed by atoms with van der Waals surface area (Å²) in [5, 5.41) is 14.6. The molecule has 0 saturated heterocycles. The summed E-state index contributed by atoms with van der Waals surface area (Å²) < 4.78 is 41.2. The predicted molar refractivity (Wildman–Crippen MR) is 177 cm³/mol. The van der Waals surface area contributed by atoms with Crippen molar-refractivity contribution in [2.75, 3.05) is 19.0 Å². The van der Waals surface area contributed by atoms with Crippen LogP contribution in [0.25, 0.3) is 10.9 Å². The van der Waals surface area contributed by atoms with Gasteiger partial charge in [-0.1, -0.05) is 24.3 Å². The summed E-state index contributed by atoms with van der Waals surface area (Å²) in [6.07, 6.45) is 3.77. The van der Waals surface area contributed by atoms with Gasteiger partial charge in [0.1, 0.15) is 11.9 Å². The van der Waals surface area contributed by atoms with Gasteiger partial charge in [0.2, 0.25) is 0 Å². The third-order valence-electron chi connectivity index (χ3n) is 8.06. The molecule has 14 heteroatoms. The Morgan fingerprint density at radius 1 is 1.00 bits per heavy atom. The van der Waals surface area contributed by atoms with Crippen LogP contribution in [0.4, 0.5) is 15.3 Å². The van der Waals surface area contributed by atoms with E-state index >= 15 is 0 Å². The number of rotatable bonds is 11. The van der Waals surface area contributed by atoms with Gasteiger partial charge in [0.05, 0.1) is 30.5 Å². The fourth-order valence-electron chi connectivity index (χ4n) is 5.62. The minimum Gasteiger partial charge on any atom is -0.497 e. The van der Waals surface area contributed by atoms with Gasteiger partial charge in [-0.3, -0.25) is 19.5 Å². The number of benzene rings is 3. The van der Waals surface area contributed by atoms with Crippen LogP contribution in [-0.4, -0.2) is 66.2 Å². The van der Waals surface area contributed by atoms with E-state index in [1.54, 1.807) is 55.5 Å². The number of sulfonamides is 1. The molecule has 4 aromatic rings. The standard InChI is InChI=1S/C34H36N4O9S/c1-22-8-3-6-13-30(22)48(44,45)38(32(41)23-9-7-12-27(18-23)46-2)21-24-20-37(33(42)35-17-16-31(39)40)29-15-14-25(19-28(24)29)36-34(43)47-26-10-4-5-11-26/h3,6-9,12-15,18-20,26H,4-5,10-11,16-17,21H2,1-2H3,(H,35,42)(H,36,43)(H,39,40). The van der Waals surface area contributed by atoms with Crippen molar-refractivity contribution in [2.24, 2.45) is 0 Å². The lowest BCUT2D eigenvalue weighted by atomic mass is 10.1. The Hall–Kier alpha value is -5.37. The fourth-order valence-corrected chi connectivity index (χ4v) is 7.22. The van der Waals surface area contributed by atoms with Crippen molar-refractivity contribution in [1.82, 2.24) is 14.2 Å². The summed E-state index contributed by atoms with van der Waals surface area (Å²) in [4.78, 5) is 51.0. The lowest BCUT2D eigenvalue weighted by Gasteiger charge is -2.24. The number of anilines is 1. The van der Waals surface area contributed by atoms with E-state index in [9.17, 15) is 27.6 Å². The van der Waals surface area contributed by atoms with Crippen LogP contribution in [0, 0.1) is 6.92 Å². The van der Waals surface area contributed by atoms with Gasteiger partial charge in [0.15, 0.2) is 0 Å². The maximum atomic E-state index is 14.2. The Bertz CT molecular complexity index is 1970. The van der Waals surface area contributed by atoms with Gasteiger partial charge >= 0.3 is 18.1 Å². The van der Waals surface area contributed by atoms with Crippen molar-refractivity contribution in [1.29, 1.82) is 0 Å². The minimum absolute atomic E-state index is 0.0543. The molecule has 5 rings (SSSR count). The van der Waals surface area contributed by atoms with E-state index in [2.05, 4.69) is 10.6 Å². The second-order valence-electron chi connectivity index (χ2n) is 11.4. The first-order valence-corrected chi connectivity index (χ1v) is 16.8. The smallest absolute Gasteiger partial charge is 0.411 e. The number of aliphatic carboxylic acids is 1. The van der Waals surface area contributed by atoms with Crippen LogP contribution in [0.3, 0.4) is 0 Å². The molecule has 1 aliphatic rings. The first-order chi connectivity index (χ1) is 23.0. The third kappa shape index (κ3) is 7.60. The van der Waals surface area contributed by atoms with E-state index in [1.165, 1.54) is 36.1 Å². The maximum absolute atomic E-state index is 14.2. The summed E-state index contributed by atoms with van der Waals surface area (Å²) in [5.41, 5.74) is 1.39. The molecule has 3 N–H and O–H groups in total. The number of nitrogens with zero attached hydrogens (tertiary/aromatic N) is 2. The summed E-state index contributed by atoms with van der Waals surface area (Å²) in [6.45, 7) is 0.976. The molecule has 1 aliphatic carbocycles. The van der Waals surface area contributed by atoms with E-state index < -0.39 is 40.6 Å². The van der Waals surface area contributed by atoms with Crippen LogP contribution in [0.2, 0.25) is 0 Å². The lowest BCUT2D eigenvalue weighted by Crippen LogP contribution is -2.36. The van der Waals surface area contributed by atoms with Gasteiger partial charge < -0.3 is 19.9 Å². The highest BCUT2D eigenvalue weighted by Crippen LogP contribution is 2.31. The van der Waals surface area contributed by atoms with E-state index in [-0.39, 0.29) is 35.1 Å².